The molecule has 0 spiro atoms. The van der Waals surface area contributed by atoms with E-state index in [1.54, 1.807) is 6.92 Å². The molecule has 4 nitrogen and oxygen atoms in total. The Labute approximate surface area is 79.2 Å². The first-order valence-corrected chi connectivity index (χ1v) is 4.54. The Morgan fingerprint density at radius 3 is 2.67 bits per heavy atom. The average Bonchev–Trinajstić information content (AvgIpc) is 2.16. The van der Waals surface area contributed by atoms with Crippen molar-refractivity contribution in [1.29, 1.82) is 0 Å². The standard InChI is InChI=1S/C6H7NO3S2/c1-3-5(9)7(6(11)12-3)10-4(2)8/h3H,1-2H3. The molecule has 0 N–H and O–H groups in total. The van der Waals surface area contributed by atoms with Crippen LogP contribution in [0.15, 0.2) is 0 Å². The third kappa shape index (κ3) is 1.75. The maximum Gasteiger partial charge on any atom is 0.330 e. The second kappa shape index (κ2) is 3.40. The molecule has 12 heavy (non-hydrogen) atoms. The monoisotopic (exact) mass is 205 g/mol. The quantitative estimate of drug-likeness (QED) is 0.590. The van der Waals surface area contributed by atoms with E-state index in [0.29, 0.717) is 4.32 Å². The molecule has 1 heterocycles. The van der Waals surface area contributed by atoms with Crippen molar-refractivity contribution in [3.63, 3.8) is 0 Å². The van der Waals surface area contributed by atoms with Crippen LogP contribution in [0.2, 0.25) is 0 Å². The van der Waals surface area contributed by atoms with Crippen molar-refractivity contribution in [1.82, 2.24) is 5.06 Å². The Morgan fingerprint density at radius 2 is 2.33 bits per heavy atom. The van der Waals surface area contributed by atoms with Gasteiger partial charge in [0.1, 0.15) is 0 Å². The van der Waals surface area contributed by atoms with Crippen LogP contribution in [0.3, 0.4) is 0 Å². The summed E-state index contributed by atoms with van der Waals surface area (Å²) in [7, 11) is 0. The summed E-state index contributed by atoms with van der Waals surface area (Å²) in [6, 6.07) is 0. The minimum atomic E-state index is -0.541. The molecule has 0 aromatic carbocycles. The van der Waals surface area contributed by atoms with Crippen LogP contribution in [-0.2, 0) is 14.4 Å². The van der Waals surface area contributed by atoms with Gasteiger partial charge in [-0.1, -0.05) is 11.8 Å². The fraction of sp³-hybridized carbons (Fsp3) is 0.500. The maximum atomic E-state index is 11.2. The predicted octanol–water partition coefficient (Wildman–Crippen LogP) is 0.713. The number of hydrogen-bond donors (Lipinski definition) is 0. The lowest BCUT2D eigenvalue weighted by atomic mass is 10.4. The SMILES string of the molecule is CC(=O)ON1C(=O)C(C)SC1=S. The molecule has 1 fully saturated rings. The highest BCUT2D eigenvalue weighted by Crippen LogP contribution is 2.26. The summed E-state index contributed by atoms with van der Waals surface area (Å²) in [6.07, 6.45) is 0. The van der Waals surface area contributed by atoms with Gasteiger partial charge in [-0.15, -0.1) is 5.06 Å². The highest BCUT2D eigenvalue weighted by Gasteiger charge is 2.36. The van der Waals surface area contributed by atoms with Gasteiger partial charge in [0.2, 0.25) is 0 Å². The first-order valence-electron chi connectivity index (χ1n) is 3.25. The van der Waals surface area contributed by atoms with Gasteiger partial charge in [0, 0.05) is 6.92 Å². The number of carbonyl (C=O) groups is 2. The van der Waals surface area contributed by atoms with E-state index in [4.69, 9.17) is 12.2 Å². The number of nitrogens with zero attached hydrogens (tertiary/aromatic N) is 1. The average molecular weight is 205 g/mol. The van der Waals surface area contributed by atoms with Gasteiger partial charge in [0.15, 0.2) is 4.32 Å². The van der Waals surface area contributed by atoms with Crippen LogP contribution in [0.4, 0.5) is 0 Å². The smallest absolute Gasteiger partial charge is 0.330 e. The predicted molar refractivity (Wildman–Crippen MR) is 48.3 cm³/mol. The van der Waals surface area contributed by atoms with Crippen molar-refractivity contribution in [2.75, 3.05) is 0 Å². The van der Waals surface area contributed by atoms with Crippen molar-refractivity contribution in [3.05, 3.63) is 0 Å². The first-order chi connectivity index (χ1) is 5.52. The normalized spacial score (nSPS) is 23.2. The lowest BCUT2D eigenvalue weighted by Crippen LogP contribution is -2.32. The molecular formula is C6H7NO3S2. The molecule has 66 valence electrons. The van der Waals surface area contributed by atoms with Crippen molar-refractivity contribution >= 4 is 40.2 Å². The van der Waals surface area contributed by atoms with Crippen molar-refractivity contribution < 1.29 is 14.4 Å². The molecule has 1 rings (SSSR count). The van der Waals surface area contributed by atoms with Crippen LogP contribution >= 0.6 is 24.0 Å². The number of thiocarbonyl (C=S) groups is 1. The summed E-state index contributed by atoms with van der Waals surface area (Å²) in [6.45, 7) is 2.94. The van der Waals surface area contributed by atoms with Crippen LogP contribution in [0.5, 0.6) is 0 Å². The zero-order chi connectivity index (χ0) is 9.30. The molecule has 0 aliphatic carbocycles. The minimum Gasteiger partial charge on any atom is -0.332 e. The molecule has 0 aromatic rings. The van der Waals surface area contributed by atoms with Crippen LogP contribution < -0.4 is 0 Å². The van der Waals surface area contributed by atoms with Gasteiger partial charge in [-0.05, 0) is 19.1 Å². The molecule has 1 aliphatic rings. The molecule has 0 saturated carbocycles. The Balaban J connectivity index is 2.70. The number of amides is 1. The van der Waals surface area contributed by atoms with Crippen molar-refractivity contribution in [3.8, 4) is 0 Å². The van der Waals surface area contributed by atoms with Gasteiger partial charge in [0.25, 0.3) is 5.91 Å². The van der Waals surface area contributed by atoms with Crippen molar-refractivity contribution in [2.24, 2.45) is 0 Å². The third-order valence-electron chi connectivity index (χ3n) is 1.21. The second-order valence-electron chi connectivity index (χ2n) is 2.24. The number of thioether (sulfide) groups is 1. The van der Waals surface area contributed by atoms with Crippen LogP contribution in [0.25, 0.3) is 0 Å². The largest absolute Gasteiger partial charge is 0.332 e. The van der Waals surface area contributed by atoms with E-state index in [9.17, 15) is 9.59 Å². The number of rotatable bonds is 1. The molecule has 0 radical (unpaired) electrons. The summed E-state index contributed by atoms with van der Waals surface area (Å²) < 4.78 is 0.294. The zero-order valence-electron chi connectivity index (χ0n) is 6.57. The van der Waals surface area contributed by atoms with Crippen LogP contribution in [0.1, 0.15) is 13.8 Å². The van der Waals surface area contributed by atoms with Crippen molar-refractivity contribution in [2.45, 2.75) is 19.1 Å². The van der Waals surface area contributed by atoms with Crippen LogP contribution in [0, 0.1) is 0 Å². The molecular weight excluding hydrogens is 198 g/mol. The maximum absolute atomic E-state index is 11.2. The number of hydroxylamine groups is 2. The van der Waals surface area contributed by atoms with E-state index in [2.05, 4.69) is 4.84 Å². The van der Waals surface area contributed by atoms with Gasteiger partial charge in [-0.25, -0.2) is 4.79 Å². The molecule has 1 atom stereocenters. The molecule has 1 amide bonds. The van der Waals surface area contributed by atoms with E-state index in [0.717, 1.165) is 5.06 Å². The van der Waals surface area contributed by atoms with Gasteiger partial charge in [0.05, 0.1) is 5.25 Å². The van der Waals surface area contributed by atoms with E-state index < -0.39 is 5.97 Å². The number of carbonyl (C=O) groups excluding carboxylic acids is 2. The first kappa shape index (κ1) is 9.47. The summed E-state index contributed by atoms with van der Waals surface area (Å²) in [5.74, 6) is -0.819. The topological polar surface area (TPSA) is 46.6 Å². The zero-order valence-corrected chi connectivity index (χ0v) is 8.20. The van der Waals surface area contributed by atoms with Crippen LogP contribution in [-0.4, -0.2) is 26.5 Å². The molecule has 1 aliphatic heterocycles. The lowest BCUT2D eigenvalue weighted by Gasteiger charge is -2.11. The molecule has 1 saturated heterocycles. The Kier molecular flexibility index (Phi) is 2.69. The summed E-state index contributed by atoms with van der Waals surface area (Å²) in [5.41, 5.74) is 0. The van der Waals surface area contributed by atoms with E-state index in [1.165, 1.54) is 18.7 Å². The van der Waals surface area contributed by atoms with Gasteiger partial charge in [-0.2, -0.15) is 0 Å². The van der Waals surface area contributed by atoms with Gasteiger partial charge < -0.3 is 4.84 Å². The Bertz CT molecular complexity index is 253. The van der Waals surface area contributed by atoms with Gasteiger partial charge >= 0.3 is 5.97 Å². The fourth-order valence-corrected chi connectivity index (χ4v) is 2.00. The summed E-state index contributed by atoms with van der Waals surface area (Å²) in [5, 5.41) is 0.615. The fourth-order valence-electron chi connectivity index (χ4n) is 0.715. The summed E-state index contributed by atoms with van der Waals surface area (Å²) in [4.78, 5) is 26.3. The summed E-state index contributed by atoms with van der Waals surface area (Å²) >= 11 is 6.01. The highest BCUT2D eigenvalue weighted by atomic mass is 32.2. The Hall–Kier alpha value is -0.620. The van der Waals surface area contributed by atoms with E-state index >= 15 is 0 Å². The molecule has 0 bridgehead atoms. The number of hydrogen-bond acceptors (Lipinski definition) is 5. The lowest BCUT2D eigenvalue weighted by molar-refractivity contribution is -0.178. The molecule has 0 aromatic heterocycles. The van der Waals surface area contributed by atoms with E-state index in [1.807, 2.05) is 0 Å². The third-order valence-corrected chi connectivity index (χ3v) is 2.59. The highest BCUT2D eigenvalue weighted by molar-refractivity contribution is 8.24. The van der Waals surface area contributed by atoms with Gasteiger partial charge in [-0.3, -0.25) is 4.79 Å². The molecule has 1 unspecified atom stereocenters. The molecule has 6 heteroatoms. The second-order valence-corrected chi connectivity index (χ2v) is 4.22. The van der Waals surface area contributed by atoms with E-state index in [-0.39, 0.29) is 11.2 Å². The Morgan fingerprint density at radius 1 is 1.75 bits per heavy atom. The minimum absolute atomic E-state index is 0.253.